The minimum atomic E-state index is -0.359. The van der Waals surface area contributed by atoms with Gasteiger partial charge in [-0.1, -0.05) is 30.3 Å². The van der Waals surface area contributed by atoms with Gasteiger partial charge in [-0.2, -0.15) is 5.26 Å². The molecule has 34 heavy (non-hydrogen) atoms. The van der Waals surface area contributed by atoms with Gasteiger partial charge in [0.2, 0.25) is 5.88 Å². The molecule has 6 nitrogen and oxygen atoms in total. The Morgan fingerprint density at radius 3 is 2.38 bits per heavy atom. The zero-order valence-electron chi connectivity index (χ0n) is 18.7. The number of nitrogens with zero attached hydrogens (tertiary/aromatic N) is 3. The van der Waals surface area contributed by atoms with Gasteiger partial charge < -0.3 is 5.11 Å². The SMILES string of the molecule is N#Cc1ccc(-c2ccc3c(=O)[nH]c(O)c(C=Nc4ccc(CN5CCCC5)cc4)c3c2)cc1. The van der Waals surface area contributed by atoms with Crippen LogP contribution in [0.1, 0.15) is 29.5 Å². The Bertz CT molecular complexity index is 1460. The number of nitrogens with one attached hydrogen (secondary N) is 1. The van der Waals surface area contributed by atoms with E-state index in [1.54, 1.807) is 24.4 Å². The number of aliphatic imine (C=N–C) groups is 1. The van der Waals surface area contributed by atoms with Gasteiger partial charge in [-0.05, 0) is 79.0 Å². The first-order chi connectivity index (χ1) is 16.6. The summed E-state index contributed by atoms with van der Waals surface area (Å²) in [5, 5.41) is 20.6. The van der Waals surface area contributed by atoms with Gasteiger partial charge in [-0.3, -0.25) is 19.7 Å². The smallest absolute Gasteiger partial charge is 0.258 e. The van der Waals surface area contributed by atoms with E-state index in [2.05, 4.69) is 33.1 Å². The van der Waals surface area contributed by atoms with Gasteiger partial charge in [0.05, 0.1) is 22.9 Å². The standard InChI is InChI=1S/C28H24N4O2/c29-16-19-3-7-21(8-4-19)22-9-12-24-25(15-22)26(28(34)31-27(24)33)17-30-23-10-5-20(6-11-23)18-32-13-1-2-14-32/h3-12,15,17H,1-2,13-14,18H2,(H2,31,33,34). The molecule has 2 N–H and O–H groups in total. The van der Waals surface area contributed by atoms with Gasteiger partial charge in [-0.15, -0.1) is 0 Å². The number of H-pyrrole nitrogens is 1. The Morgan fingerprint density at radius 2 is 1.68 bits per heavy atom. The highest BCUT2D eigenvalue weighted by atomic mass is 16.3. The largest absolute Gasteiger partial charge is 0.494 e. The number of pyridine rings is 1. The van der Waals surface area contributed by atoms with Crippen LogP contribution in [0.4, 0.5) is 5.69 Å². The van der Waals surface area contributed by atoms with Crippen LogP contribution in [0, 0.1) is 11.3 Å². The van der Waals surface area contributed by atoms with Crippen LogP contribution >= 0.6 is 0 Å². The number of likely N-dealkylation sites (tertiary alicyclic amines) is 1. The van der Waals surface area contributed by atoms with Crippen molar-refractivity contribution in [3.8, 4) is 23.1 Å². The van der Waals surface area contributed by atoms with Gasteiger partial charge >= 0.3 is 0 Å². The summed E-state index contributed by atoms with van der Waals surface area (Å²) in [5.74, 6) is -0.219. The van der Waals surface area contributed by atoms with E-state index in [9.17, 15) is 9.90 Å². The zero-order chi connectivity index (χ0) is 23.5. The van der Waals surface area contributed by atoms with Crippen molar-refractivity contribution < 1.29 is 5.11 Å². The lowest BCUT2D eigenvalue weighted by molar-refractivity contribution is 0.331. The lowest BCUT2D eigenvalue weighted by Gasteiger charge is -2.14. The number of aromatic nitrogens is 1. The second-order valence-electron chi connectivity index (χ2n) is 8.57. The van der Waals surface area contributed by atoms with E-state index in [0.717, 1.165) is 36.4 Å². The lowest BCUT2D eigenvalue weighted by atomic mass is 9.99. The topological polar surface area (TPSA) is 92.5 Å². The molecule has 0 amide bonds. The highest BCUT2D eigenvalue weighted by molar-refractivity contribution is 6.03. The minimum Gasteiger partial charge on any atom is -0.494 e. The first kappa shape index (κ1) is 21.6. The number of fused-ring (bicyclic) bond motifs is 1. The zero-order valence-corrected chi connectivity index (χ0v) is 18.7. The molecule has 3 aromatic carbocycles. The van der Waals surface area contributed by atoms with Crippen LogP contribution in [0.15, 0.2) is 76.5 Å². The fraction of sp³-hybridized carbons (Fsp3) is 0.179. The average Bonchev–Trinajstić information content (AvgIpc) is 3.38. The Labute approximate surface area is 197 Å². The maximum Gasteiger partial charge on any atom is 0.258 e. The first-order valence-corrected chi connectivity index (χ1v) is 11.4. The number of aromatic hydroxyl groups is 1. The van der Waals surface area contributed by atoms with Gasteiger partial charge in [0.15, 0.2) is 0 Å². The minimum absolute atomic E-state index is 0.219. The second kappa shape index (κ2) is 9.34. The fourth-order valence-electron chi connectivity index (χ4n) is 4.41. The quantitative estimate of drug-likeness (QED) is 0.415. The predicted molar refractivity (Wildman–Crippen MR) is 135 cm³/mol. The third-order valence-electron chi connectivity index (χ3n) is 6.27. The maximum absolute atomic E-state index is 12.4. The predicted octanol–water partition coefficient (Wildman–Crippen LogP) is 5.12. The maximum atomic E-state index is 12.4. The third-order valence-corrected chi connectivity index (χ3v) is 6.27. The summed E-state index contributed by atoms with van der Waals surface area (Å²) in [5.41, 5.74) is 4.49. The molecule has 1 aliphatic rings. The monoisotopic (exact) mass is 448 g/mol. The van der Waals surface area contributed by atoms with Crippen LogP contribution < -0.4 is 5.56 Å². The molecule has 0 atom stereocenters. The highest BCUT2D eigenvalue weighted by Gasteiger charge is 2.13. The molecule has 0 spiro atoms. The molecular weight excluding hydrogens is 424 g/mol. The summed E-state index contributed by atoms with van der Waals surface area (Å²) in [6, 6.07) is 22.9. The van der Waals surface area contributed by atoms with E-state index in [-0.39, 0.29) is 11.4 Å². The van der Waals surface area contributed by atoms with Crippen molar-refractivity contribution in [2.75, 3.05) is 13.1 Å². The number of aromatic amines is 1. The molecule has 5 rings (SSSR count). The molecule has 2 heterocycles. The van der Waals surface area contributed by atoms with Crippen molar-refractivity contribution in [2.45, 2.75) is 19.4 Å². The van der Waals surface area contributed by atoms with Crippen molar-refractivity contribution >= 4 is 22.7 Å². The normalized spacial score (nSPS) is 14.1. The van der Waals surface area contributed by atoms with Crippen molar-refractivity contribution in [3.63, 3.8) is 0 Å². The molecule has 0 unspecified atom stereocenters. The molecule has 1 fully saturated rings. The van der Waals surface area contributed by atoms with Crippen LogP contribution in [0.3, 0.4) is 0 Å². The fourth-order valence-corrected chi connectivity index (χ4v) is 4.41. The molecule has 0 bridgehead atoms. The summed E-state index contributed by atoms with van der Waals surface area (Å²) in [7, 11) is 0. The summed E-state index contributed by atoms with van der Waals surface area (Å²) >= 11 is 0. The Balaban J connectivity index is 1.47. The molecule has 1 saturated heterocycles. The van der Waals surface area contributed by atoms with Crippen LogP contribution in [0.2, 0.25) is 0 Å². The number of hydrogen-bond donors (Lipinski definition) is 2. The van der Waals surface area contributed by atoms with Crippen molar-refractivity contribution in [3.05, 3.63) is 93.8 Å². The third kappa shape index (κ3) is 4.47. The summed E-state index contributed by atoms with van der Waals surface area (Å²) < 4.78 is 0. The van der Waals surface area contributed by atoms with E-state index in [1.165, 1.54) is 18.4 Å². The van der Waals surface area contributed by atoms with Crippen LogP contribution in [0.25, 0.3) is 21.9 Å². The van der Waals surface area contributed by atoms with Gasteiger partial charge in [-0.25, -0.2) is 0 Å². The van der Waals surface area contributed by atoms with Gasteiger partial charge in [0, 0.05) is 23.5 Å². The molecule has 1 aliphatic heterocycles. The number of hydrogen-bond acceptors (Lipinski definition) is 5. The summed E-state index contributed by atoms with van der Waals surface area (Å²) in [4.78, 5) is 22.0. The average molecular weight is 449 g/mol. The molecule has 0 radical (unpaired) electrons. The van der Waals surface area contributed by atoms with Gasteiger partial charge in [0.25, 0.3) is 5.56 Å². The molecule has 168 valence electrons. The summed E-state index contributed by atoms with van der Waals surface area (Å²) in [6.07, 6.45) is 4.13. The number of rotatable bonds is 5. The molecule has 1 aromatic heterocycles. The van der Waals surface area contributed by atoms with Crippen LogP contribution in [-0.2, 0) is 6.54 Å². The molecule has 4 aromatic rings. The summed E-state index contributed by atoms with van der Waals surface area (Å²) in [6.45, 7) is 3.26. The molecule has 0 saturated carbocycles. The van der Waals surface area contributed by atoms with E-state index < -0.39 is 0 Å². The number of nitriles is 1. The Morgan fingerprint density at radius 1 is 0.971 bits per heavy atom. The highest BCUT2D eigenvalue weighted by Crippen LogP contribution is 2.28. The first-order valence-electron chi connectivity index (χ1n) is 11.4. The van der Waals surface area contributed by atoms with Crippen molar-refractivity contribution in [1.29, 1.82) is 5.26 Å². The van der Waals surface area contributed by atoms with E-state index >= 15 is 0 Å². The van der Waals surface area contributed by atoms with Crippen molar-refractivity contribution in [2.24, 2.45) is 4.99 Å². The van der Waals surface area contributed by atoms with Gasteiger partial charge in [0.1, 0.15) is 0 Å². The van der Waals surface area contributed by atoms with E-state index in [0.29, 0.717) is 21.9 Å². The van der Waals surface area contributed by atoms with Crippen LogP contribution in [-0.4, -0.2) is 34.3 Å². The lowest BCUT2D eigenvalue weighted by Crippen LogP contribution is -2.18. The Hall–Kier alpha value is -4.21. The van der Waals surface area contributed by atoms with Crippen LogP contribution in [0.5, 0.6) is 5.88 Å². The van der Waals surface area contributed by atoms with E-state index in [1.807, 2.05) is 36.4 Å². The second-order valence-corrected chi connectivity index (χ2v) is 8.57. The number of benzene rings is 3. The van der Waals surface area contributed by atoms with E-state index in [4.69, 9.17) is 5.26 Å². The van der Waals surface area contributed by atoms with Crippen molar-refractivity contribution in [1.82, 2.24) is 9.88 Å². The molecular formula is C28H24N4O2. The molecule has 0 aliphatic carbocycles. The Kier molecular flexibility index (Phi) is 5.94. The molecule has 6 heteroatoms.